The van der Waals surface area contributed by atoms with Gasteiger partial charge in [0.25, 0.3) is 5.69 Å². The van der Waals surface area contributed by atoms with E-state index in [0.717, 1.165) is 12.8 Å². The number of hydrogen-bond acceptors (Lipinski definition) is 5. The minimum atomic E-state index is -0.630. The molecule has 0 aliphatic carbocycles. The maximum Gasteiger partial charge on any atom is 0.274 e. The van der Waals surface area contributed by atoms with Crippen LogP contribution in [-0.4, -0.2) is 30.1 Å². The lowest BCUT2D eigenvalue weighted by Gasteiger charge is -2.26. The summed E-state index contributed by atoms with van der Waals surface area (Å²) in [4.78, 5) is 22.6. The highest BCUT2D eigenvalue weighted by Crippen LogP contribution is 2.23. The van der Waals surface area contributed by atoms with Crippen LogP contribution in [0.1, 0.15) is 18.4 Å². The van der Waals surface area contributed by atoms with Crippen molar-refractivity contribution in [3.05, 3.63) is 33.9 Å². The van der Waals surface area contributed by atoms with Crippen LogP contribution in [0.25, 0.3) is 0 Å². The van der Waals surface area contributed by atoms with Crippen molar-refractivity contribution in [2.75, 3.05) is 18.5 Å². The Morgan fingerprint density at radius 1 is 1.48 bits per heavy atom. The lowest BCUT2D eigenvalue weighted by molar-refractivity contribution is -0.385. The first kappa shape index (κ1) is 15.4. The van der Waals surface area contributed by atoms with E-state index in [0.29, 0.717) is 24.5 Å². The molecule has 7 nitrogen and oxygen atoms in total. The number of nitrogens with one attached hydrogen (secondary N) is 1. The van der Waals surface area contributed by atoms with Gasteiger partial charge in [-0.2, -0.15) is 0 Å². The topological polar surface area (TPSA) is 107 Å². The molecule has 114 valence electrons. The predicted molar refractivity (Wildman–Crippen MR) is 78.0 cm³/mol. The van der Waals surface area contributed by atoms with Crippen LogP contribution in [-0.2, 0) is 9.53 Å². The highest BCUT2D eigenvalue weighted by atomic mass is 16.6. The SMILES string of the molecule is Cc1ccc(NC(=O)C(N)C2CCOCC2)cc1[N+](=O)[O-]. The van der Waals surface area contributed by atoms with Crippen LogP contribution in [0.4, 0.5) is 11.4 Å². The van der Waals surface area contributed by atoms with Gasteiger partial charge in [-0.15, -0.1) is 0 Å². The Kier molecular flexibility index (Phi) is 4.87. The number of carbonyl (C=O) groups excluding carboxylic acids is 1. The van der Waals surface area contributed by atoms with E-state index in [1.807, 2.05) is 0 Å². The third-order valence-corrected chi connectivity index (χ3v) is 3.75. The molecule has 2 rings (SSSR count). The number of nitro groups is 1. The molecule has 0 bridgehead atoms. The largest absolute Gasteiger partial charge is 0.381 e. The van der Waals surface area contributed by atoms with Crippen molar-refractivity contribution in [2.45, 2.75) is 25.8 Å². The van der Waals surface area contributed by atoms with Gasteiger partial charge in [-0.05, 0) is 31.7 Å². The fourth-order valence-electron chi connectivity index (χ4n) is 2.40. The molecule has 0 aromatic heterocycles. The van der Waals surface area contributed by atoms with Crippen LogP contribution in [0.3, 0.4) is 0 Å². The summed E-state index contributed by atoms with van der Waals surface area (Å²) < 4.78 is 5.24. The number of nitrogens with zero attached hydrogens (tertiary/aromatic N) is 1. The van der Waals surface area contributed by atoms with E-state index in [1.54, 1.807) is 19.1 Å². The van der Waals surface area contributed by atoms with E-state index >= 15 is 0 Å². The zero-order valence-electron chi connectivity index (χ0n) is 11.9. The molecular weight excluding hydrogens is 274 g/mol. The van der Waals surface area contributed by atoms with E-state index in [4.69, 9.17) is 10.5 Å². The molecule has 1 fully saturated rings. The number of carbonyl (C=O) groups is 1. The quantitative estimate of drug-likeness (QED) is 0.647. The van der Waals surface area contributed by atoms with Gasteiger partial charge in [0.15, 0.2) is 0 Å². The number of anilines is 1. The maximum atomic E-state index is 12.1. The minimum Gasteiger partial charge on any atom is -0.381 e. The molecule has 1 aliphatic heterocycles. The van der Waals surface area contributed by atoms with Crippen molar-refractivity contribution in [3.63, 3.8) is 0 Å². The van der Waals surface area contributed by atoms with Crippen LogP contribution < -0.4 is 11.1 Å². The molecule has 1 saturated heterocycles. The van der Waals surface area contributed by atoms with Gasteiger partial charge in [0.05, 0.1) is 11.0 Å². The second-order valence-electron chi connectivity index (χ2n) is 5.22. The molecule has 1 aromatic carbocycles. The Hall–Kier alpha value is -1.99. The van der Waals surface area contributed by atoms with Crippen LogP contribution >= 0.6 is 0 Å². The van der Waals surface area contributed by atoms with Crippen LogP contribution in [0.15, 0.2) is 18.2 Å². The molecule has 3 N–H and O–H groups in total. The minimum absolute atomic E-state index is 0.0209. The summed E-state index contributed by atoms with van der Waals surface area (Å²) in [5.74, 6) is -0.237. The lowest BCUT2D eigenvalue weighted by Crippen LogP contribution is -2.44. The van der Waals surface area contributed by atoms with Crippen molar-refractivity contribution in [3.8, 4) is 0 Å². The van der Waals surface area contributed by atoms with Gasteiger partial charge in [-0.25, -0.2) is 0 Å². The number of nitro benzene ring substituents is 1. The zero-order chi connectivity index (χ0) is 15.4. The first-order chi connectivity index (χ1) is 9.99. The molecule has 1 amide bonds. The number of benzene rings is 1. The molecule has 21 heavy (non-hydrogen) atoms. The van der Waals surface area contributed by atoms with Crippen molar-refractivity contribution >= 4 is 17.3 Å². The molecule has 1 aliphatic rings. The Morgan fingerprint density at radius 2 is 2.14 bits per heavy atom. The van der Waals surface area contributed by atoms with Crippen LogP contribution in [0.2, 0.25) is 0 Å². The molecule has 1 aromatic rings. The Labute approximate surface area is 122 Å². The Balaban J connectivity index is 2.05. The molecule has 0 spiro atoms. The fraction of sp³-hybridized carbons (Fsp3) is 0.500. The zero-order valence-corrected chi connectivity index (χ0v) is 11.9. The first-order valence-electron chi connectivity index (χ1n) is 6.88. The van der Waals surface area contributed by atoms with Gasteiger partial charge in [-0.3, -0.25) is 14.9 Å². The summed E-state index contributed by atoms with van der Waals surface area (Å²) in [7, 11) is 0. The Bertz CT molecular complexity index is 541. The molecule has 1 atom stereocenters. The fourth-order valence-corrected chi connectivity index (χ4v) is 2.40. The predicted octanol–water partition coefficient (Wildman–Crippen LogP) is 1.60. The lowest BCUT2D eigenvalue weighted by atomic mass is 9.92. The van der Waals surface area contributed by atoms with E-state index in [2.05, 4.69) is 5.32 Å². The summed E-state index contributed by atoms with van der Waals surface area (Å²) in [5.41, 5.74) is 6.88. The second kappa shape index (κ2) is 6.64. The highest BCUT2D eigenvalue weighted by Gasteiger charge is 2.26. The first-order valence-corrected chi connectivity index (χ1v) is 6.88. The molecule has 7 heteroatoms. The van der Waals surface area contributed by atoms with E-state index < -0.39 is 11.0 Å². The van der Waals surface area contributed by atoms with E-state index in [1.165, 1.54) is 6.07 Å². The molecule has 0 radical (unpaired) electrons. The van der Waals surface area contributed by atoms with E-state index in [9.17, 15) is 14.9 Å². The molecule has 0 saturated carbocycles. The monoisotopic (exact) mass is 293 g/mol. The molecule has 1 heterocycles. The average Bonchev–Trinajstić information content (AvgIpc) is 2.49. The third-order valence-electron chi connectivity index (χ3n) is 3.75. The number of rotatable bonds is 4. The summed E-state index contributed by atoms with van der Waals surface area (Å²) in [6.07, 6.45) is 1.51. The molecule has 1 unspecified atom stereocenters. The van der Waals surface area contributed by atoms with Crippen LogP contribution in [0, 0.1) is 23.0 Å². The van der Waals surface area contributed by atoms with Gasteiger partial charge in [0, 0.05) is 30.5 Å². The van der Waals surface area contributed by atoms with Crippen LogP contribution in [0.5, 0.6) is 0 Å². The van der Waals surface area contributed by atoms with E-state index in [-0.39, 0.29) is 17.5 Å². The number of nitrogens with two attached hydrogens (primary N) is 1. The van der Waals surface area contributed by atoms with Gasteiger partial charge in [0.2, 0.25) is 5.91 Å². The molecular formula is C14H19N3O4. The second-order valence-corrected chi connectivity index (χ2v) is 5.22. The van der Waals surface area contributed by atoms with Crippen molar-refractivity contribution in [1.82, 2.24) is 0 Å². The van der Waals surface area contributed by atoms with Gasteiger partial charge >= 0.3 is 0 Å². The summed E-state index contributed by atoms with van der Waals surface area (Å²) in [6.45, 7) is 2.88. The summed E-state index contributed by atoms with van der Waals surface area (Å²) >= 11 is 0. The van der Waals surface area contributed by atoms with Gasteiger partial charge in [-0.1, -0.05) is 6.07 Å². The number of amides is 1. The number of hydrogen-bond donors (Lipinski definition) is 2. The smallest absolute Gasteiger partial charge is 0.274 e. The third kappa shape index (κ3) is 3.77. The van der Waals surface area contributed by atoms with Gasteiger partial charge < -0.3 is 15.8 Å². The maximum absolute atomic E-state index is 12.1. The van der Waals surface area contributed by atoms with Gasteiger partial charge in [0.1, 0.15) is 0 Å². The number of aryl methyl sites for hydroxylation is 1. The average molecular weight is 293 g/mol. The van der Waals surface area contributed by atoms with Crippen molar-refractivity contribution in [1.29, 1.82) is 0 Å². The number of ether oxygens (including phenoxy) is 1. The standard InChI is InChI=1S/C14H19N3O4/c1-9-2-3-11(8-12(9)17(19)20)16-14(18)13(15)10-4-6-21-7-5-10/h2-3,8,10,13H,4-7,15H2,1H3,(H,16,18). The normalized spacial score (nSPS) is 17.2. The highest BCUT2D eigenvalue weighted by molar-refractivity contribution is 5.95. The Morgan fingerprint density at radius 3 is 2.76 bits per heavy atom. The van der Waals surface area contributed by atoms with Crippen molar-refractivity contribution in [2.24, 2.45) is 11.7 Å². The summed E-state index contributed by atoms with van der Waals surface area (Å²) in [6, 6.07) is 3.96. The summed E-state index contributed by atoms with van der Waals surface area (Å²) in [5, 5.41) is 13.5. The van der Waals surface area contributed by atoms with Crippen molar-refractivity contribution < 1.29 is 14.5 Å².